The van der Waals surface area contributed by atoms with Gasteiger partial charge in [-0.3, -0.25) is 4.79 Å². The molecule has 1 aliphatic rings. The van der Waals surface area contributed by atoms with E-state index in [4.69, 9.17) is 0 Å². The summed E-state index contributed by atoms with van der Waals surface area (Å²) in [7, 11) is 0. The van der Waals surface area contributed by atoms with Crippen molar-refractivity contribution in [3.05, 3.63) is 47.4 Å². The Balaban J connectivity index is 1.79. The van der Waals surface area contributed by atoms with Crippen LogP contribution in [0.1, 0.15) is 48.3 Å². The second-order valence-corrected chi connectivity index (χ2v) is 6.85. The summed E-state index contributed by atoms with van der Waals surface area (Å²) in [5.74, 6) is 1.35. The maximum absolute atomic E-state index is 12.7. The molecule has 0 atom stereocenters. The van der Waals surface area contributed by atoms with Crippen LogP contribution in [-0.4, -0.2) is 33.9 Å². The lowest BCUT2D eigenvalue weighted by molar-refractivity contribution is 0.0691. The Morgan fingerprint density at radius 2 is 2.04 bits per heavy atom. The highest BCUT2D eigenvalue weighted by Gasteiger charge is 2.22. The highest BCUT2D eigenvalue weighted by molar-refractivity contribution is 5.93. The topological polar surface area (TPSA) is 58.1 Å². The van der Waals surface area contributed by atoms with Gasteiger partial charge in [0.25, 0.3) is 5.91 Å². The van der Waals surface area contributed by atoms with Crippen LogP contribution in [-0.2, 0) is 6.42 Å². The van der Waals surface area contributed by atoms with Crippen LogP contribution in [0.25, 0.3) is 0 Å². The molecule has 1 aromatic heterocycles. The second-order valence-electron chi connectivity index (χ2n) is 6.85. The van der Waals surface area contributed by atoms with E-state index in [1.807, 2.05) is 4.90 Å². The zero-order valence-electron chi connectivity index (χ0n) is 15.2. The number of hydrogen-bond acceptors (Lipinski definition) is 4. The molecule has 25 heavy (non-hydrogen) atoms. The first-order valence-electron chi connectivity index (χ1n) is 9.05. The molecule has 1 aromatic carbocycles. The molecular formula is C20H26N4O. The third-order valence-corrected chi connectivity index (χ3v) is 4.95. The van der Waals surface area contributed by atoms with Crippen LogP contribution in [0, 0.1) is 12.8 Å². The number of carbonyl (C=O) groups is 1. The molecule has 0 spiro atoms. The summed E-state index contributed by atoms with van der Waals surface area (Å²) < 4.78 is 0. The van der Waals surface area contributed by atoms with Gasteiger partial charge < -0.3 is 10.2 Å². The van der Waals surface area contributed by atoms with E-state index in [0.29, 0.717) is 17.4 Å². The molecule has 0 unspecified atom stereocenters. The zero-order valence-corrected chi connectivity index (χ0v) is 15.2. The van der Waals surface area contributed by atoms with Crippen LogP contribution in [0.5, 0.6) is 0 Å². The van der Waals surface area contributed by atoms with Gasteiger partial charge in [-0.05, 0) is 43.2 Å². The van der Waals surface area contributed by atoms with Crippen molar-refractivity contribution in [2.24, 2.45) is 5.92 Å². The molecule has 5 heteroatoms. The average Bonchev–Trinajstić information content (AvgIpc) is 2.63. The predicted molar refractivity (Wildman–Crippen MR) is 100 cm³/mol. The molecule has 1 amide bonds. The van der Waals surface area contributed by atoms with Crippen molar-refractivity contribution in [3.8, 4) is 0 Å². The van der Waals surface area contributed by atoms with Crippen LogP contribution in [0.2, 0.25) is 0 Å². The number of hydrogen-bond donors (Lipinski definition) is 1. The van der Waals surface area contributed by atoms with E-state index in [1.165, 1.54) is 11.9 Å². The van der Waals surface area contributed by atoms with Gasteiger partial charge in [-0.2, -0.15) is 0 Å². The highest BCUT2D eigenvalue weighted by atomic mass is 16.2. The first-order chi connectivity index (χ1) is 12.1. The maximum atomic E-state index is 12.7. The maximum Gasteiger partial charge on any atom is 0.272 e. The van der Waals surface area contributed by atoms with Gasteiger partial charge in [0.2, 0.25) is 0 Å². The lowest BCUT2D eigenvalue weighted by Crippen LogP contribution is -2.38. The summed E-state index contributed by atoms with van der Waals surface area (Å²) in [5.41, 5.74) is 3.92. The van der Waals surface area contributed by atoms with Gasteiger partial charge in [0.1, 0.15) is 17.8 Å². The fourth-order valence-corrected chi connectivity index (χ4v) is 3.25. The van der Waals surface area contributed by atoms with Gasteiger partial charge in [0, 0.05) is 24.8 Å². The van der Waals surface area contributed by atoms with Gasteiger partial charge in [0.05, 0.1) is 0 Å². The Morgan fingerprint density at radius 1 is 1.28 bits per heavy atom. The van der Waals surface area contributed by atoms with Gasteiger partial charge in [-0.1, -0.05) is 32.0 Å². The number of para-hydroxylation sites is 1. The summed E-state index contributed by atoms with van der Waals surface area (Å²) >= 11 is 0. The van der Waals surface area contributed by atoms with Crippen LogP contribution in [0.4, 0.5) is 11.5 Å². The number of aromatic nitrogens is 2. The monoisotopic (exact) mass is 338 g/mol. The van der Waals surface area contributed by atoms with Crippen molar-refractivity contribution in [3.63, 3.8) is 0 Å². The summed E-state index contributed by atoms with van der Waals surface area (Å²) in [6, 6.07) is 8.00. The predicted octanol–water partition coefficient (Wildman–Crippen LogP) is 3.96. The smallest absolute Gasteiger partial charge is 0.272 e. The van der Waals surface area contributed by atoms with Crippen molar-refractivity contribution < 1.29 is 4.79 Å². The molecule has 0 saturated carbocycles. The van der Waals surface area contributed by atoms with E-state index in [9.17, 15) is 4.79 Å². The van der Waals surface area contributed by atoms with Crippen molar-refractivity contribution in [1.82, 2.24) is 14.9 Å². The van der Waals surface area contributed by atoms with Gasteiger partial charge in [0.15, 0.2) is 0 Å². The first-order valence-corrected chi connectivity index (χ1v) is 9.05. The number of piperidine rings is 1. The van der Waals surface area contributed by atoms with Crippen LogP contribution in [0.3, 0.4) is 0 Å². The fraction of sp³-hybridized carbons (Fsp3) is 0.450. The van der Waals surface area contributed by atoms with E-state index < -0.39 is 0 Å². The fourth-order valence-electron chi connectivity index (χ4n) is 3.25. The molecule has 0 aliphatic carbocycles. The molecular weight excluding hydrogens is 312 g/mol. The SMILES string of the molecule is CCc1cccc(C)c1Nc1cc(C(=O)N2CCC(C)CC2)ncn1. The van der Waals surface area contributed by atoms with E-state index in [-0.39, 0.29) is 5.91 Å². The molecule has 0 radical (unpaired) electrons. The molecule has 2 aromatic rings. The minimum atomic E-state index is -0.00199. The molecule has 0 bridgehead atoms. The Bertz CT molecular complexity index is 751. The van der Waals surface area contributed by atoms with Crippen molar-refractivity contribution in [1.29, 1.82) is 0 Å². The number of rotatable bonds is 4. The molecule has 1 fully saturated rings. The standard InChI is InChI=1S/C20H26N4O/c1-4-16-7-5-6-15(3)19(16)23-18-12-17(21-13-22-18)20(25)24-10-8-14(2)9-11-24/h5-7,12-14H,4,8-11H2,1-3H3,(H,21,22,23). The van der Waals surface area contributed by atoms with Crippen LogP contribution < -0.4 is 5.32 Å². The second kappa shape index (κ2) is 7.64. The van der Waals surface area contributed by atoms with Gasteiger partial charge in [-0.25, -0.2) is 9.97 Å². The number of anilines is 2. The van der Waals surface area contributed by atoms with Crippen molar-refractivity contribution in [2.75, 3.05) is 18.4 Å². The lowest BCUT2D eigenvalue weighted by Gasteiger charge is -2.30. The van der Waals surface area contributed by atoms with Crippen LogP contribution >= 0.6 is 0 Å². The number of benzene rings is 1. The Kier molecular flexibility index (Phi) is 5.31. The Labute approximate surface area is 149 Å². The molecule has 5 nitrogen and oxygen atoms in total. The van der Waals surface area contributed by atoms with Crippen molar-refractivity contribution >= 4 is 17.4 Å². The quantitative estimate of drug-likeness (QED) is 0.916. The average molecular weight is 338 g/mol. The third kappa shape index (κ3) is 3.98. The number of nitrogens with one attached hydrogen (secondary N) is 1. The molecule has 1 saturated heterocycles. The summed E-state index contributed by atoms with van der Waals surface area (Å²) in [6.07, 6.45) is 4.52. The number of likely N-dealkylation sites (tertiary alicyclic amines) is 1. The van der Waals surface area contributed by atoms with Gasteiger partial charge >= 0.3 is 0 Å². The van der Waals surface area contributed by atoms with E-state index in [1.54, 1.807) is 6.07 Å². The number of aryl methyl sites for hydroxylation is 2. The molecule has 3 rings (SSSR count). The lowest BCUT2D eigenvalue weighted by atomic mass is 9.99. The number of amides is 1. The Morgan fingerprint density at radius 3 is 2.76 bits per heavy atom. The number of nitrogens with zero attached hydrogens (tertiary/aromatic N) is 3. The van der Waals surface area contributed by atoms with Gasteiger partial charge in [-0.15, -0.1) is 0 Å². The minimum Gasteiger partial charge on any atom is -0.340 e. The number of carbonyl (C=O) groups excluding carboxylic acids is 1. The summed E-state index contributed by atoms with van der Waals surface area (Å²) in [4.78, 5) is 23.1. The van der Waals surface area contributed by atoms with E-state index in [0.717, 1.165) is 43.6 Å². The molecule has 1 aliphatic heterocycles. The summed E-state index contributed by atoms with van der Waals surface area (Å²) in [6.45, 7) is 8.06. The highest BCUT2D eigenvalue weighted by Crippen LogP contribution is 2.25. The zero-order chi connectivity index (χ0) is 17.8. The largest absolute Gasteiger partial charge is 0.340 e. The normalized spacial score (nSPS) is 15.2. The first kappa shape index (κ1) is 17.4. The van der Waals surface area contributed by atoms with Crippen LogP contribution in [0.15, 0.2) is 30.6 Å². The van der Waals surface area contributed by atoms with E-state index >= 15 is 0 Å². The third-order valence-electron chi connectivity index (χ3n) is 4.95. The minimum absolute atomic E-state index is 0.00199. The summed E-state index contributed by atoms with van der Waals surface area (Å²) in [5, 5.41) is 3.38. The molecule has 1 N–H and O–H groups in total. The van der Waals surface area contributed by atoms with Crippen molar-refractivity contribution in [2.45, 2.75) is 40.0 Å². The molecule has 2 heterocycles. The Hall–Kier alpha value is -2.43. The van der Waals surface area contributed by atoms with E-state index in [2.05, 4.69) is 54.3 Å². The molecule has 132 valence electrons.